The van der Waals surface area contributed by atoms with Crippen LogP contribution in [0.1, 0.15) is 40.0 Å². The van der Waals surface area contributed by atoms with Crippen LogP contribution in [0.15, 0.2) is 18.3 Å². The molecule has 1 aromatic heterocycles. The molecule has 2 N–H and O–H groups in total. The fraction of sp³-hybridized carbons (Fsp3) is 0.684. The highest BCUT2D eigenvalue weighted by molar-refractivity contribution is 5.96. The average molecular weight is 349 g/mol. The van der Waals surface area contributed by atoms with Crippen LogP contribution in [0, 0.1) is 11.8 Å². The van der Waals surface area contributed by atoms with Crippen LogP contribution in [0.4, 0.5) is 11.5 Å². The van der Waals surface area contributed by atoms with Gasteiger partial charge in [0.05, 0.1) is 5.69 Å². The number of carbonyl (C=O) groups is 1. The summed E-state index contributed by atoms with van der Waals surface area (Å²) in [6, 6.07) is 3.70. The molecule has 1 unspecified atom stereocenters. The maximum atomic E-state index is 12.4. The van der Waals surface area contributed by atoms with Crippen molar-refractivity contribution in [2.75, 3.05) is 36.5 Å². The predicted molar refractivity (Wildman–Crippen MR) is 99.8 cm³/mol. The van der Waals surface area contributed by atoms with E-state index in [1.807, 2.05) is 12.1 Å². The van der Waals surface area contributed by atoms with E-state index in [9.17, 15) is 9.90 Å². The van der Waals surface area contributed by atoms with Crippen molar-refractivity contribution in [3.05, 3.63) is 18.3 Å². The number of hydrogen-bond donors (Lipinski definition) is 2. The Morgan fingerprint density at radius 1 is 1.40 bits per heavy atom. The van der Waals surface area contributed by atoms with Crippen molar-refractivity contribution in [1.29, 1.82) is 0 Å². The van der Waals surface area contributed by atoms with E-state index in [0.717, 1.165) is 38.2 Å². The number of pyridine rings is 1. The van der Waals surface area contributed by atoms with E-state index < -0.39 is 6.10 Å². The molecular weight excluding hydrogens is 318 g/mol. The first-order chi connectivity index (χ1) is 12.0. The van der Waals surface area contributed by atoms with Gasteiger partial charge in [-0.2, -0.15) is 0 Å². The van der Waals surface area contributed by atoms with E-state index in [1.165, 1.54) is 0 Å². The number of rotatable bonds is 8. The van der Waals surface area contributed by atoms with Gasteiger partial charge in [-0.3, -0.25) is 4.79 Å². The Hall–Kier alpha value is -1.66. The number of piperidine rings is 1. The summed E-state index contributed by atoms with van der Waals surface area (Å²) in [4.78, 5) is 19.0. The van der Waals surface area contributed by atoms with Crippen LogP contribution in [0.25, 0.3) is 0 Å². The van der Waals surface area contributed by atoms with Crippen molar-refractivity contribution in [3.8, 4) is 0 Å². The lowest BCUT2D eigenvalue weighted by molar-refractivity contribution is -0.126. The number of carbonyl (C=O) groups excluding carboxylic acids is 1. The number of aliphatic hydroxyl groups excluding tert-OH is 1. The van der Waals surface area contributed by atoms with Gasteiger partial charge in [0, 0.05) is 32.5 Å². The van der Waals surface area contributed by atoms with Crippen LogP contribution in [0.2, 0.25) is 0 Å². The van der Waals surface area contributed by atoms with Crippen molar-refractivity contribution in [3.63, 3.8) is 0 Å². The Morgan fingerprint density at radius 3 is 2.76 bits per heavy atom. The predicted octanol–water partition coefficient (Wildman–Crippen LogP) is 2.68. The molecule has 0 saturated carbocycles. The minimum Gasteiger partial charge on any atom is -0.396 e. The lowest BCUT2D eigenvalue weighted by Crippen LogP contribution is -2.36. The Labute approximate surface area is 150 Å². The van der Waals surface area contributed by atoms with Gasteiger partial charge in [-0.25, -0.2) is 4.98 Å². The average Bonchev–Trinajstić information content (AvgIpc) is 2.62. The number of aromatic nitrogens is 1. The molecule has 2 heterocycles. The number of anilines is 2. The van der Waals surface area contributed by atoms with Crippen molar-refractivity contribution in [1.82, 2.24) is 4.98 Å². The van der Waals surface area contributed by atoms with Gasteiger partial charge >= 0.3 is 0 Å². The molecule has 6 nitrogen and oxygen atoms in total. The van der Waals surface area contributed by atoms with Crippen molar-refractivity contribution >= 4 is 17.4 Å². The second-order valence-corrected chi connectivity index (χ2v) is 7.17. The minimum absolute atomic E-state index is 0.150. The quantitative estimate of drug-likeness (QED) is 0.755. The largest absolute Gasteiger partial charge is 0.396 e. The number of amides is 1. The Kier molecular flexibility index (Phi) is 7.65. The molecule has 140 valence electrons. The maximum absolute atomic E-state index is 12.4. The molecule has 1 aliphatic heterocycles. The normalized spacial score (nSPS) is 16.9. The second-order valence-electron chi connectivity index (χ2n) is 7.17. The molecule has 25 heavy (non-hydrogen) atoms. The van der Waals surface area contributed by atoms with Crippen LogP contribution < -0.4 is 10.2 Å². The molecule has 6 heteroatoms. The molecule has 1 saturated heterocycles. The van der Waals surface area contributed by atoms with Gasteiger partial charge in [0.1, 0.15) is 6.10 Å². The zero-order chi connectivity index (χ0) is 18.2. The molecule has 1 aliphatic rings. The number of hydrogen-bond acceptors (Lipinski definition) is 5. The summed E-state index contributed by atoms with van der Waals surface area (Å²) in [5.41, 5.74) is 0.717. The molecule has 0 aliphatic carbocycles. The van der Waals surface area contributed by atoms with Gasteiger partial charge in [-0.1, -0.05) is 13.8 Å². The summed E-state index contributed by atoms with van der Waals surface area (Å²) in [7, 11) is 0. The summed E-state index contributed by atoms with van der Waals surface area (Å²) in [5.74, 6) is 1.57. The van der Waals surface area contributed by atoms with Crippen molar-refractivity contribution in [2.24, 2.45) is 11.8 Å². The fourth-order valence-electron chi connectivity index (χ4n) is 2.86. The molecule has 1 amide bonds. The highest BCUT2D eigenvalue weighted by Gasteiger charge is 2.23. The van der Waals surface area contributed by atoms with Gasteiger partial charge < -0.3 is 20.1 Å². The van der Waals surface area contributed by atoms with E-state index in [-0.39, 0.29) is 12.5 Å². The van der Waals surface area contributed by atoms with E-state index in [0.29, 0.717) is 24.1 Å². The lowest BCUT2D eigenvalue weighted by Gasteiger charge is -2.33. The van der Waals surface area contributed by atoms with Crippen LogP contribution in [0.5, 0.6) is 0 Å². The highest BCUT2D eigenvalue weighted by Crippen LogP contribution is 2.27. The summed E-state index contributed by atoms with van der Waals surface area (Å²) >= 11 is 0. The number of aliphatic hydroxyl groups is 1. The van der Waals surface area contributed by atoms with Crippen LogP contribution in [-0.2, 0) is 9.53 Å². The Balaban J connectivity index is 1.94. The summed E-state index contributed by atoms with van der Waals surface area (Å²) in [6.45, 7) is 8.55. The third-order valence-corrected chi connectivity index (χ3v) is 4.65. The van der Waals surface area contributed by atoms with E-state index >= 15 is 0 Å². The molecule has 1 atom stereocenters. The Morgan fingerprint density at radius 2 is 2.12 bits per heavy atom. The van der Waals surface area contributed by atoms with Gasteiger partial charge in [0.25, 0.3) is 5.91 Å². The lowest BCUT2D eigenvalue weighted by atomic mass is 9.98. The van der Waals surface area contributed by atoms with E-state index in [2.05, 4.69) is 29.0 Å². The topological polar surface area (TPSA) is 74.7 Å². The smallest absolute Gasteiger partial charge is 0.253 e. The molecule has 0 spiro atoms. The first-order valence-electron chi connectivity index (χ1n) is 9.24. The molecule has 0 radical (unpaired) electrons. The maximum Gasteiger partial charge on any atom is 0.253 e. The zero-order valence-corrected chi connectivity index (χ0v) is 15.6. The standard InChI is InChI=1S/C19H31N3O3/c1-14(2)8-12-25-15(3)19(24)21-17-5-4-9-20-18(17)22-10-6-16(13-23)7-11-22/h4-5,9,14-16,23H,6-8,10-13H2,1-3H3,(H,21,24). The van der Waals surface area contributed by atoms with Crippen molar-refractivity contribution < 1.29 is 14.6 Å². The van der Waals surface area contributed by atoms with Crippen molar-refractivity contribution in [2.45, 2.75) is 46.1 Å². The Bertz CT molecular complexity index is 542. The highest BCUT2D eigenvalue weighted by atomic mass is 16.5. The van der Waals surface area contributed by atoms with Crippen LogP contribution in [-0.4, -0.2) is 48.4 Å². The monoisotopic (exact) mass is 349 g/mol. The second kappa shape index (κ2) is 9.73. The molecular formula is C19H31N3O3. The van der Waals surface area contributed by atoms with Gasteiger partial charge in [0.2, 0.25) is 0 Å². The summed E-state index contributed by atoms with van der Waals surface area (Å²) in [6.07, 6.45) is 4.07. The number of nitrogens with one attached hydrogen (secondary N) is 1. The fourth-order valence-corrected chi connectivity index (χ4v) is 2.86. The summed E-state index contributed by atoms with van der Waals surface area (Å²) in [5, 5.41) is 12.2. The molecule has 0 aromatic carbocycles. The number of ether oxygens (including phenoxy) is 1. The van der Waals surface area contributed by atoms with Gasteiger partial charge in [0.15, 0.2) is 5.82 Å². The molecule has 1 aromatic rings. The molecule has 2 rings (SSSR count). The van der Waals surface area contributed by atoms with Crippen LogP contribution >= 0.6 is 0 Å². The molecule has 0 bridgehead atoms. The first kappa shape index (κ1) is 19.7. The van der Waals surface area contributed by atoms with Gasteiger partial charge in [-0.05, 0) is 50.2 Å². The van der Waals surface area contributed by atoms with Gasteiger partial charge in [-0.15, -0.1) is 0 Å². The minimum atomic E-state index is -0.494. The third-order valence-electron chi connectivity index (χ3n) is 4.65. The third kappa shape index (κ3) is 5.97. The zero-order valence-electron chi connectivity index (χ0n) is 15.6. The summed E-state index contributed by atoms with van der Waals surface area (Å²) < 4.78 is 5.63. The van der Waals surface area contributed by atoms with E-state index in [1.54, 1.807) is 13.1 Å². The SMILES string of the molecule is CC(C)CCOC(C)C(=O)Nc1cccnc1N1CCC(CO)CC1. The van der Waals surface area contributed by atoms with E-state index in [4.69, 9.17) is 4.74 Å². The van der Waals surface area contributed by atoms with Crippen LogP contribution in [0.3, 0.4) is 0 Å². The number of nitrogens with zero attached hydrogens (tertiary/aromatic N) is 2. The first-order valence-corrected chi connectivity index (χ1v) is 9.24. The molecule has 1 fully saturated rings.